The Morgan fingerprint density at radius 1 is 1.16 bits per heavy atom. The highest BCUT2D eigenvalue weighted by atomic mass is 32.2. The lowest BCUT2D eigenvalue weighted by Gasteiger charge is -2.35. The first-order chi connectivity index (χ1) is 12.1. The number of benzene rings is 1. The molecule has 2 aliphatic carbocycles. The van der Waals surface area contributed by atoms with Gasteiger partial charge in [-0.1, -0.05) is 37.3 Å². The lowest BCUT2D eigenvalue weighted by molar-refractivity contribution is 0.158. The maximum absolute atomic E-state index is 13.5. The van der Waals surface area contributed by atoms with E-state index in [1.54, 1.807) is 8.61 Å². The molecular formula is C19H30N2O3S. The Morgan fingerprint density at radius 2 is 1.84 bits per heavy atom. The lowest BCUT2D eigenvalue weighted by atomic mass is 10.1. The minimum absolute atomic E-state index is 0.111. The molecule has 0 aliphatic heterocycles. The van der Waals surface area contributed by atoms with Crippen molar-refractivity contribution in [3.8, 4) is 0 Å². The molecule has 0 bridgehead atoms. The van der Waals surface area contributed by atoms with Gasteiger partial charge in [-0.2, -0.15) is 17.0 Å². The zero-order chi connectivity index (χ0) is 17.9. The summed E-state index contributed by atoms with van der Waals surface area (Å²) in [4.78, 5) is 0. The van der Waals surface area contributed by atoms with Gasteiger partial charge in [0.25, 0.3) is 10.2 Å². The van der Waals surface area contributed by atoms with Gasteiger partial charge in [-0.15, -0.1) is 0 Å². The van der Waals surface area contributed by atoms with Crippen LogP contribution in [-0.4, -0.2) is 47.9 Å². The van der Waals surface area contributed by atoms with Crippen LogP contribution >= 0.6 is 0 Å². The molecule has 0 heterocycles. The van der Waals surface area contributed by atoms with Crippen LogP contribution < -0.4 is 0 Å². The van der Waals surface area contributed by atoms with Crippen molar-refractivity contribution < 1.29 is 13.5 Å². The van der Waals surface area contributed by atoms with Crippen molar-refractivity contribution in [2.75, 3.05) is 19.7 Å². The molecule has 0 aromatic heterocycles. The average Bonchev–Trinajstić information content (AvgIpc) is 3.49. The zero-order valence-electron chi connectivity index (χ0n) is 15.0. The van der Waals surface area contributed by atoms with E-state index in [2.05, 4.69) is 0 Å². The van der Waals surface area contributed by atoms with Crippen LogP contribution in [0.1, 0.15) is 44.6 Å². The monoisotopic (exact) mass is 366 g/mol. The molecule has 3 rings (SSSR count). The van der Waals surface area contributed by atoms with E-state index in [0.717, 1.165) is 37.7 Å². The predicted octanol–water partition coefficient (Wildman–Crippen LogP) is 2.63. The van der Waals surface area contributed by atoms with E-state index < -0.39 is 10.2 Å². The fourth-order valence-electron chi connectivity index (χ4n) is 3.38. The molecule has 1 aromatic rings. The van der Waals surface area contributed by atoms with Crippen LogP contribution in [0.25, 0.3) is 0 Å². The van der Waals surface area contributed by atoms with E-state index in [4.69, 9.17) is 0 Å². The van der Waals surface area contributed by atoms with Crippen molar-refractivity contribution in [3.63, 3.8) is 0 Å². The van der Waals surface area contributed by atoms with Crippen LogP contribution in [0.4, 0.5) is 0 Å². The fourth-order valence-corrected chi connectivity index (χ4v) is 5.38. The minimum Gasteiger partial charge on any atom is -0.395 e. The van der Waals surface area contributed by atoms with E-state index in [9.17, 15) is 13.5 Å². The number of hydrogen-bond donors (Lipinski definition) is 1. The maximum Gasteiger partial charge on any atom is 0.282 e. The summed E-state index contributed by atoms with van der Waals surface area (Å²) < 4.78 is 30.1. The molecule has 0 unspecified atom stereocenters. The van der Waals surface area contributed by atoms with Gasteiger partial charge in [-0.3, -0.25) is 0 Å². The second-order valence-electron chi connectivity index (χ2n) is 7.43. The Hall–Kier alpha value is -0.950. The molecule has 6 heteroatoms. The second kappa shape index (κ2) is 8.16. The summed E-state index contributed by atoms with van der Waals surface area (Å²) in [6.45, 7) is 3.40. The molecule has 2 fully saturated rings. The molecular weight excluding hydrogens is 336 g/mol. The molecule has 140 valence electrons. The molecule has 1 atom stereocenters. The molecule has 0 radical (unpaired) electrons. The maximum atomic E-state index is 13.5. The third-order valence-electron chi connectivity index (χ3n) is 5.16. The van der Waals surface area contributed by atoms with Gasteiger partial charge in [0.1, 0.15) is 0 Å². The normalized spacial score (nSPS) is 19.5. The summed E-state index contributed by atoms with van der Waals surface area (Å²) in [5, 5.41) is 9.93. The van der Waals surface area contributed by atoms with Crippen molar-refractivity contribution in [2.24, 2.45) is 11.8 Å². The highest BCUT2D eigenvalue weighted by Gasteiger charge is 2.43. The smallest absolute Gasteiger partial charge is 0.282 e. The molecule has 25 heavy (non-hydrogen) atoms. The van der Waals surface area contributed by atoms with E-state index in [1.165, 1.54) is 0 Å². The minimum atomic E-state index is -3.59. The molecule has 1 N–H and O–H groups in total. The molecule has 0 spiro atoms. The van der Waals surface area contributed by atoms with Crippen molar-refractivity contribution in [3.05, 3.63) is 35.9 Å². The van der Waals surface area contributed by atoms with Crippen molar-refractivity contribution >= 4 is 10.2 Å². The van der Waals surface area contributed by atoms with Gasteiger partial charge in [-0.25, -0.2) is 0 Å². The first kappa shape index (κ1) is 18.8. The number of nitrogens with zero attached hydrogens (tertiary/aromatic N) is 2. The number of hydrogen-bond acceptors (Lipinski definition) is 3. The van der Waals surface area contributed by atoms with Crippen LogP contribution in [0.15, 0.2) is 30.3 Å². The van der Waals surface area contributed by atoms with Gasteiger partial charge in [0, 0.05) is 19.6 Å². The molecule has 0 amide bonds. The SMILES string of the molecule is CCCN(CC1CC1)S(=O)(=O)N(Cc1ccccc1)[C@@H](CO)C1CC1. The lowest BCUT2D eigenvalue weighted by Crippen LogP contribution is -2.51. The van der Waals surface area contributed by atoms with E-state index in [-0.39, 0.29) is 18.6 Å². The summed E-state index contributed by atoms with van der Waals surface area (Å²) in [6.07, 6.45) is 5.06. The topological polar surface area (TPSA) is 60.9 Å². The number of aliphatic hydroxyl groups is 1. The van der Waals surface area contributed by atoms with Crippen LogP contribution in [0.2, 0.25) is 0 Å². The fraction of sp³-hybridized carbons (Fsp3) is 0.684. The van der Waals surface area contributed by atoms with Gasteiger partial charge in [-0.05, 0) is 49.5 Å². The van der Waals surface area contributed by atoms with Crippen molar-refractivity contribution in [1.82, 2.24) is 8.61 Å². The summed E-state index contributed by atoms with van der Waals surface area (Å²) in [5.41, 5.74) is 0.966. The first-order valence-corrected chi connectivity index (χ1v) is 10.9. The van der Waals surface area contributed by atoms with Gasteiger partial charge in [0.2, 0.25) is 0 Å². The van der Waals surface area contributed by atoms with Crippen LogP contribution in [0.3, 0.4) is 0 Å². The molecule has 2 saturated carbocycles. The Kier molecular flexibility index (Phi) is 6.15. The Balaban J connectivity index is 1.87. The quantitative estimate of drug-likeness (QED) is 0.655. The Bertz CT molecular complexity index is 642. The van der Waals surface area contributed by atoms with Crippen LogP contribution in [0.5, 0.6) is 0 Å². The van der Waals surface area contributed by atoms with Gasteiger partial charge >= 0.3 is 0 Å². The van der Waals surface area contributed by atoms with Crippen LogP contribution in [0, 0.1) is 11.8 Å². The molecule has 1 aromatic carbocycles. The summed E-state index contributed by atoms with van der Waals surface area (Å²) in [5.74, 6) is 0.793. The van der Waals surface area contributed by atoms with Crippen molar-refractivity contribution in [2.45, 2.75) is 51.6 Å². The van der Waals surface area contributed by atoms with E-state index in [0.29, 0.717) is 25.6 Å². The third kappa shape index (κ3) is 4.82. The number of rotatable bonds is 11. The molecule has 0 saturated heterocycles. The second-order valence-corrected chi connectivity index (χ2v) is 9.31. The summed E-state index contributed by atoms with van der Waals surface area (Å²) in [6, 6.07) is 9.38. The van der Waals surface area contributed by atoms with Gasteiger partial charge in [0.05, 0.1) is 12.6 Å². The average molecular weight is 367 g/mol. The van der Waals surface area contributed by atoms with E-state index in [1.807, 2.05) is 37.3 Å². The third-order valence-corrected chi connectivity index (χ3v) is 7.14. The van der Waals surface area contributed by atoms with Gasteiger partial charge < -0.3 is 5.11 Å². The van der Waals surface area contributed by atoms with Crippen molar-refractivity contribution in [1.29, 1.82) is 0 Å². The molecule has 5 nitrogen and oxygen atoms in total. The molecule has 2 aliphatic rings. The largest absolute Gasteiger partial charge is 0.395 e. The first-order valence-electron chi connectivity index (χ1n) is 9.48. The predicted molar refractivity (Wildman–Crippen MR) is 99.1 cm³/mol. The highest BCUT2D eigenvalue weighted by molar-refractivity contribution is 7.86. The van der Waals surface area contributed by atoms with E-state index >= 15 is 0 Å². The summed E-state index contributed by atoms with van der Waals surface area (Å²) >= 11 is 0. The van der Waals surface area contributed by atoms with Gasteiger partial charge in [0.15, 0.2) is 0 Å². The highest BCUT2D eigenvalue weighted by Crippen LogP contribution is 2.38. The Morgan fingerprint density at radius 3 is 2.36 bits per heavy atom. The standard InChI is InChI=1S/C19H30N2O3S/c1-2-12-20(13-17-8-9-17)25(23,24)21(19(15-22)18-10-11-18)14-16-6-4-3-5-7-16/h3-7,17-19,22H,2,8-15H2,1H3/t19-/m0/s1. The number of aliphatic hydroxyl groups excluding tert-OH is 1. The summed E-state index contributed by atoms with van der Waals surface area (Å²) in [7, 11) is -3.59. The van der Waals surface area contributed by atoms with Crippen LogP contribution in [-0.2, 0) is 16.8 Å². The Labute approximate surface area is 151 Å². The zero-order valence-corrected chi connectivity index (χ0v) is 15.9.